The van der Waals surface area contributed by atoms with Crippen molar-refractivity contribution in [2.24, 2.45) is 0 Å². The summed E-state index contributed by atoms with van der Waals surface area (Å²) in [7, 11) is 3.44. The number of nitrogens with zero attached hydrogens (tertiary/aromatic N) is 3. The van der Waals surface area contributed by atoms with E-state index in [1.807, 2.05) is 19.1 Å². The van der Waals surface area contributed by atoms with Crippen LogP contribution < -0.4 is 0 Å². The summed E-state index contributed by atoms with van der Waals surface area (Å²) in [4.78, 5) is 13.3. The van der Waals surface area contributed by atoms with Crippen molar-refractivity contribution in [3.05, 3.63) is 46.6 Å². The Hall–Kier alpha value is -1.94. The van der Waals surface area contributed by atoms with Crippen molar-refractivity contribution >= 4 is 17.5 Å². The van der Waals surface area contributed by atoms with Crippen LogP contribution in [-0.2, 0) is 0 Å². The number of benzene rings is 1. The number of halogens is 1. The Balaban J connectivity index is 2.38. The zero-order valence-corrected chi connectivity index (χ0v) is 11.8. The fourth-order valence-corrected chi connectivity index (χ4v) is 1.87. The number of hydrogen-bond donors (Lipinski definition) is 0. The molecule has 0 aliphatic heterocycles. The maximum Gasteiger partial charge on any atom is 0.253 e. The van der Waals surface area contributed by atoms with Gasteiger partial charge in [0.2, 0.25) is 0 Å². The molecule has 0 saturated carbocycles. The highest BCUT2D eigenvalue weighted by molar-refractivity contribution is 6.33. The molecular formula is C14H14ClN3O. The number of hydrogen-bond acceptors (Lipinski definition) is 3. The van der Waals surface area contributed by atoms with E-state index in [-0.39, 0.29) is 5.91 Å². The molecule has 1 aromatic carbocycles. The van der Waals surface area contributed by atoms with E-state index in [0.717, 1.165) is 11.1 Å². The number of aryl methyl sites for hydroxylation is 1. The van der Waals surface area contributed by atoms with Gasteiger partial charge in [0.05, 0.1) is 11.2 Å². The summed E-state index contributed by atoms with van der Waals surface area (Å²) in [5.74, 6) is -0.0343. The average molecular weight is 276 g/mol. The van der Waals surface area contributed by atoms with Gasteiger partial charge in [-0.25, -0.2) is 0 Å². The largest absolute Gasteiger partial charge is 0.345 e. The molecule has 0 spiro atoms. The van der Waals surface area contributed by atoms with Crippen LogP contribution in [0.2, 0.25) is 5.02 Å². The van der Waals surface area contributed by atoms with Crippen LogP contribution in [0.1, 0.15) is 15.9 Å². The Kier molecular flexibility index (Phi) is 3.81. The van der Waals surface area contributed by atoms with Crippen LogP contribution in [0.15, 0.2) is 30.5 Å². The van der Waals surface area contributed by atoms with Crippen LogP contribution in [-0.4, -0.2) is 35.1 Å². The molecule has 0 fully saturated rings. The van der Waals surface area contributed by atoms with Crippen molar-refractivity contribution in [1.82, 2.24) is 15.1 Å². The molecule has 0 aliphatic carbocycles. The molecule has 0 N–H and O–H groups in total. The lowest BCUT2D eigenvalue weighted by Crippen LogP contribution is -2.21. The first-order valence-corrected chi connectivity index (χ1v) is 6.18. The smallest absolute Gasteiger partial charge is 0.253 e. The minimum absolute atomic E-state index is 0.0343. The molecule has 98 valence electrons. The molecule has 4 nitrogen and oxygen atoms in total. The van der Waals surface area contributed by atoms with Crippen molar-refractivity contribution in [2.45, 2.75) is 6.92 Å². The first kappa shape index (κ1) is 13.5. The predicted molar refractivity (Wildman–Crippen MR) is 75.2 cm³/mol. The summed E-state index contributed by atoms with van der Waals surface area (Å²) < 4.78 is 0. The molecule has 2 rings (SSSR count). The number of rotatable bonds is 2. The molecule has 5 heteroatoms. The monoisotopic (exact) mass is 275 g/mol. The third-order valence-corrected chi connectivity index (χ3v) is 3.25. The SMILES string of the molecule is Cc1cnnc(-c2ccc(C(=O)N(C)C)cc2)c1Cl. The molecule has 19 heavy (non-hydrogen) atoms. The number of carbonyl (C=O) groups excluding carboxylic acids is 1. The van der Waals surface area contributed by atoms with E-state index in [4.69, 9.17) is 11.6 Å². The van der Waals surface area contributed by atoms with E-state index in [2.05, 4.69) is 10.2 Å². The predicted octanol–water partition coefficient (Wildman–Crippen LogP) is 2.81. The van der Waals surface area contributed by atoms with Crippen LogP contribution in [0.25, 0.3) is 11.3 Å². The molecule has 0 unspecified atom stereocenters. The average Bonchev–Trinajstić information content (AvgIpc) is 2.41. The van der Waals surface area contributed by atoms with Gasteiger partial charge in [0.25, 0.3) is 5.91 Å². The van der Waals surface area contributed by atoms with Gasteiger partial charge in [-0.15, -0.1) is 5.10 Å². The minimum Gasteiger partial charge on any atom is -0.345 e. The molecule has 0 aliphatic rings. The Bertz CT molecular complexity index is 609. The fraction of sp³-hybridized carbons (Fsp3) is 0.214. The van der Waals surface area contributed by atoms with Gasteiger partial charge in [-0.2, -0.15) is 5.10 Å². The Labute approximate surface area is 117 Å². The second-order valence-electron chi connectivity index (χ2n) is 4.47. The topological polar surface area (TPSA) is 46.1 Å². The van der Waals surface area contributed by atoms with Gasteiger partial charge in [0.15, 0.2) is 0 Å². The van der Waals surface area contributed by atoms with Crippen LogP contribution >= 0.6 is 11.6 Å². The lowest BCUT2D eigenvalue weighted by molar-refractivity contribution is 0.0827. The zero-order valence-electron chi connectivity index (χ0n) is 11.0. The molecule has 1 heterocycles. The van der Waals surface area contributed by atoms with Crippen LogP contribution in [0.4, 0.5) is 0 Å². The number of aromatic nitrogens is 2. The summed E-state index contributed by atoms with van der Waals surface area (Å²) in [6, 6.07) is 7.17. The zero-order chi connectivity index (χ0) is 14.0. The summed E-state index contributed by atoms with van der Waals surface area (Å²) in [5.41, 5.74) is 2.98. The maximum atomic E-state index is 11.8. The highest BCUT2D eigenvalue weighted by Gasteiger charge is 2.11. The first-order chi connectivity index (χ1) is 9.00. The molecule has 2 aromatic rings. The molecule has 1 amide bonds. The van der Waals surface area contributed by atoms with Crippen LogP contribution in [0.5, 0.6) is 0 Å². The molecule has 1 aromatic heterocycles. The van der Waals surface area contributed by atoms with E-state index < -0.39 is 0 Å². The van der Waals surface area contributed by atoms with Crippen molar-refractivity contribution < 1.29 is 4.79 Å². The minimum atomic E-state index is -0.0343. The van der Waals surface area contributed by atoms with Gasteiger partial charge < -0.3 is 4.90 Å². The summed E-state index contributed by atoms with van der Waals surface area (Å²) in [5, 5.41) is 8.52. The summed E-state index contributed by atoms with van der Waals surface area (Å²) >= 11 is 6.20. The van der Waals surface area contributed by atoms with Gasteiger partial charge in [0, 0.05) is 25.2 Å². The Morgan fingerprint density at radius 3 is 2.42 bits per heavy atom. The standard InChI is InChI=1S/C14H14ClN3O/c1-9-8-16-17-13(12(9)15)10-4-6-11(7-5-10)14(19)18(2)3/h4-8H,1-3H3. The van der Waals surface area contributed by atoms with E-state index in [9.17, 15) is 4.79 Å². The molecular weight excluding hydrogens is 262 g/mol. The Morgan fingerprint density at radius 2 is 1.84 bits per heavy atom. The lowest BCUT2D eigenvalue weighted by Gasteiger charge is -2.10. The first-order valence-electron chi connectivity index (χ1n) is 5.80. The van der Waals surface area contributed by atoms with E-state index >= 15 is 0 Å². The van der Waals surface area contributed by atoms with Gasteiger partial charge in [0.1, 0.15) is 5.69 Å². The number of carbonyl (C=O) groups is 1. The highest BCUT2D eigenvalue weighted by atomic mass is 35.5. The summed E-state index contributed by atoms with van der Waals surface area (Å²) in [6.07, 6.45) is 1.62. The van der Waals surface area contributed by atoms with Gasteiger partial charge in [-0.3, -0.25) is 4.79 Å². The van der Waals surface area contributed by atoms with Gasteiger partial charge in [-0.05, 0) is 24.6 Å². The fourth-order valence-electron chi connectivity index (χ4n) is 1.67. The van der Waals surface area contributed by atoms with Crippen molar-refractivity contribution in [1.29, 1.82) is 0 Å². The van der Waals surface area contributed by atoms with Crippen LogP contribution in [0, 0.1) is 6.92 Å². The van der Waals surface area contributed by atoms with Crippen molar-refractivity contribution in [3.63, 3.8) is 0 Å². The van der Waals surface area contributed by atoms with Crippen molar-refractivity contribution in [2.75, 3.05) is 14.1 Å². The second kappa shape index (κ2) is 5.36. The number of amides is 1. The van der Waals surface area contributed by atoms with Crippen LogP contribution in [0.3, 0.4) is 0 Å². The van der Waals surface area contributed by atoms with E-state index in [0.29, 0.717) is 16.3 Å². The third kappa shape index (κ3) is 2.74. The second-order valence-corrected chi connectivity index (χ2v) is 4.85. The third-order valence-electron chi connectivity index (χ3n) is 2.77. The quantitative estimate of drug-likeness (QED) is 0.847. The van der Waals surface area contributed by atoms with E-state index in [1.54, 1.807) is 32.4 Å². The maximum absolute atomic E-state index is 11.8. The Morgan fingerprint density at radius 1 is 1.21 bits per heavy atom. The highest BCUT2D eigenvalue weighted by Crippen LogP contribution is 2.27. The normalized spacial score (nSPS) is 10.3. The lowest BCUT2D eigenvalue weighted by atomic mass is 10.1. The van der Waals surface area contributed by atoms with E-state index in [1.165, 1.54) is 4.90 Å². The molecule has 0 bridgehead atoms. The summed E-state index contributed by atoms with van der Waals surface area (Å²) in [6.45, 7) is 1.88. The van der Waals surface area contributed by atoms with Gasteiger partial charge in [-0.1, -0.05) is 23.7 Å². The van der Waals surface area contributed by atoms with Gasteiger partial charge >= 0.3 is 0 Å². The molecule has 0 saturated heterocycles. The van der Waals surface area contributed by atoms with Crippen molar-refractivity contribution in [3.8, 4) is 11.3 Å². The molecule has 0 atom stereocenters. The molecule has 0 radical (unpaired) electrons.